The Kier molecular flexibility index (Phi) is 4.31. The predicted molar refractivity (Wildman–Crippen MR) is 96.5 cm³/mol. The molecule has 1 aromatic carbocycles. The van der Waals surface area contributed by atoms with Crippen LogP contribution in [0.2, 0.25) is 0 Å². The van der Waals surface area contributed by atoms with Crippen LogP contribution in [0.5, 0.6) is 0 Å². The second-order valence-electron chi connectivity index (χ2n) is 7.26. The van der Waals surface area contributed by atoms with Gasteiger partial charge < -0.3 is 15.3 Å². The lowest BCUT2D eigenvalue weighted by atomic mass is 9.85. The molecule has 0 radical (unpaired) electrons. The molecule has 2 heterocycles. The van der Waals surface area contributed by atoms with E-state index in [-0.39, 0.29) is 16.7 Å². The van der Waals surface area contributed by atoms with E-state index in [9.17, 15) is 19.5 Å². The highest BCUT2D eigenvalue weighted by atomic mass is 32.2. The SMILES string of the molecule is CC(C)(C(=O)O)c1ccc(NC(=O)C2CSC3(C)CCC(=O)N23)cc1. The van der Waals surface area contributed by atoms with Crippen molar-refractivity contribution in [2.75, 3.05) is 11.1 Å². The lowest BCUT2D eigenvalue weighted by Crippen LogP contribution is -2.48. The van der Waals surface area contributed by atoms with Gasteiger partial charge in [-0.15, -0.1) is 11.8 Å². The Morgan fingerprint density at radius 3 is 2.56 bits per heavy atom. The van der Waals surface area contributed by atoms with Gasteiger partial charge in [-0.25, -0.2) is 0 Å². The summed E-state index contributed by atoms with van der Waals surface area (Å²) in [7, 11) is 0. The molecule has 0 bridgehead atoms. The average molecular weight is 362 g/mol. The van der Waals surface area contributed by atoms with Crippen molar-refractivity contribution < 1.29 is 19.5 Å². The molecule has 3 rings (SSSR count). The summed E-state index contributed by atoms with van der Waals surface area (Å²) in [5.41, 5.74) is 0.269. The number of fused-ring (bicyclic) bond motifs is 1. The minimum atomic E-state index is -0.992. The van der Waals surface area contributed by atoms with Gasteiger partial charge in [0.2, 0.25) is 11.8 Å². The molecule has 134 valence electrons. The Morgan fingerprint density at radius 2 is 1.96 bits per heavy atom. The van der Waals surface area contributed by atoms with Crippen molar-refractivity contribution in [3.63, 3.8) is 0 Å². The second-order valence-corrected chi connectivity index (χ2v) is 8.76. The van der Waals surface area contributed by atoms with Crippen LogP contribution in [0.4, 0.5) is 5.69 Å². The zero-order valence-corrected chi connectivity index (χ0v) is 15.4. The Morgan fingerprint density at radius 1 is 1.32 bits per heavy atom. The topological polar surface area (TPSA) is 86.7 Å². The van der Waals surface area contributed by atoms with Crippen molar-refractivity contribution in [3.8, 4) is 0 Å². The maximum atomic E-state index is 12.6. The number of benzene rings is 1. The minimum Gasteiger partial charge on any atom is -0.481 e. The molecule has 2 aliphatic heterocycles. The van der Waals surface area contributed by atoms with Gasteiger partial charge in [0.1, 0.15) is 6.04 Å². The first-order valence-electron chi connectivity index (χ1n) is 8.26. The molecule has 2 unspecified atom stereocenters. The van der Waals surface area contributed by atoms with Crippen LogP contribution in [0.1, 0.15) is 39.2 Å². The largest absolute Gasteiger partial charge is 0.481 e. The smallest absolute Gasteiger partial charge is 0.313 e. The summed E-state index contributed by atoms with van der Waals surface area (Å²) in [6, 6.07) is 6.35. The summed E-state index contributed by atoms with van der Waals surface area (Å²) in [6.07, 6.45) is 1.27. The highest BCUT2D eigenvalue weighted by Gasteiger charge is 2.52. The summed E-state index contributed by atoms with van der Waals surface area (Å²) in [5, 5.41) is 12.1. The lowest BCUT2D eigenvalue weighted by molar-refractivity contribution is -0.142. The van der Waals surface area contributed by atoms with Crippen LogP contribution >= 0.6 is 11.8 Å². The van der Waals surface area contributed by atoms with Crippen LogP contribution in [0.3, 0.4) is 0 Å². The van der Waals surface area contributed by atoms with Crippen molar-refractivity contribution in [1.82, 2.24) is 4.90 Å². The van der Waals surface area contributed by atoms with Crippen molar-refractivity contribution in [2.24, 2.45) is 0 Å². The number of carbonyl (C=O) groups is 3. The van der Waals surface area contributed by atoms with Gasteiger partial charge in [-0.1, -0.05) is 12.1 Å². The summed E-state index contributed by atoms with van der Waals surface area (Å²) in [6.45, 7) is 5.29. The van der Waals surface area contributed by atoms with Gasteiger partial charge in [0.05, 0.1) is 10.3 Å². The molecule has 7 heteroatoms. The molecule has 0 spiro atoms. The standard InChI is InChI=1S/C18H22N2O4S/c1-17(2,16(23)24)11-4-6-12(7-5-11)19-15(22)13-10-25-18(3)9-8-14(21)20(13)18/h4-7,13H,8-10H2,1-3H3,(H,19,22)(H,23,24). The number of carboxylic acids is 1. The first-order chi connectivity index (χ1) is 11.6. The monoisotopic (exact) mass is 362 g/mol. The third-order valence-corrected chi connectivity index (χ3v) is 6.66. The number of thioether (sulfide) groups is 1. The number of nitrogens with one attached hydrogen (secondary N) is 1. The van der Waals surface area contributed by atoms with Crippen LogP contribution in [0.25, 0.3) is 0 Å². The van der Waals surface area contributed by atoms with Crippen molar-refractivity contribution in [1.29, 1.82) is 0 Å². The number of carboxylic acid groups (broad SMARTS) is 1. The molecule has 2 amide bonds. The lowest BCUT2D eigenvalue weighted by Gasteiger charge is -2.29. The van der Waals surface area contributed by atoms with E-state index in [1.54, 1.807) is 54.8 Å². The molecule has 0 saturated carbocycles. The summed E-state index contributed by atoms with van der Waals surface area (Å²) in [4.78, 5) is 37.5. The van der Waals surface area contributed by atoms with E-state index in [1.807, 2.05) is 6.92 Å². The number of hydrogen-bond donors (Lipinski definition) is 2. The molecule has 0 aromatic heterocycles. The fourth-order valence-corrected chi connectivity index (χ4v) is 4.77. The van der Waals surface area contributed by atoms with Crippen LogP contribution in [-0.2, 0) is 19.8 Å². The molecular weight excluding hydrogens is 340 g/mol. The number of rotatable bonds is 4. The van der Waals surface area contributed by atoms with E-state index in [2.05, 4.69) is 5.32 Å². The highest BCUT2D eigenvalue weighted by molar-refractivity contribution is 8.01. The number of amides is 2. The van der Waals surface area contributed by atoms with E-state index in [0.29, 0.717) is 23.4 Å². The molecular formula is C18H22N2O4S. The summed E-state index contributed by atoms with van der Waals surface area (Å²) >= 11 is 1.65. The first kappa shape index (κ1) is 17.8. The minimum absolute atomic E-state index is 0.0335. The Labute approximate surface area is 151 Å². The Bertz CT molecular complexity index is 731. The van der Waals surface area contributed by atoms with Crippen LogP contribution in [0, 0.1) is 0 Å². The van der Waals surface area contributed by atoms with Gasteiger partial charge in [0.15, 0.2) is 0 Å². The molecule has 2 N–H and O–H groups in total. The quantitative estimate of drug-likeness (QED) is 0.859. The van der Waals surface area contributed by atoms with Gasteiger partial charge in [-0.3, -0.25) is 14.4 Å². The molecule has 25 heavy (non-hydrogen) atoms. The molecule has 2 atom stereocenters. The normalized spacial score (nSPS) is 25.8. The van der Waals surface area contributed by atoms with E-state index >= 15 is 0 Å². The second kappa shape index (κ2) is 6.05. The van der Waals surface area contributed by atoms with Crippen molar-refractivity contribution in [3.05, 3.63) is 29.8 Å². The predicted octanol–water partition coefficient (Wildman–Crippen LogP) is 2.44. The molecule has 6 nitrogen and oxygen atoms in total. The maximum Gasteiger partial charge on any atom is 0.313 e. The van der Waals surface area contributed by atoms with Crippen LogP contribution in [-0.4, -0.2) is 44.5 Å². The zero-order valence-electron chi connectivity index (χ0n) is 14.5. The number of hydrogen-bond acceptors (Lipinski definition) is 4. The van der Waals surface area contributed by atoms with Gasteiger partial charge in [0.25, 0.3) is 0 Å². The number of aliphatic carboxylic acids is 1. The third-order valence-electron chi connectivity index (χ3n) is 5.16. The maximum absolute atomic E-state index is 12.6. The first-order valence-corrected chi connectivity index (χ1v) is 9.25. The van der Waals surface area contributed by atoms with E-state index in [0.717, 1.165) is 6.42 Å². The van der Waals surface area contributed by atoms with Gasteiger partial charge in [0, 0.05) is 17.9 Å². The zero-order chi connectivity index (χ0) is 18.4. The van der Waals surface area contributed by atoms with E-state index in [1.165, 1.54) is 0 Å². The van der Waals surface area contributed by atoms with Crippen LogP contribution < -0.4 is 5.32 Å². The fourth-order valence-electron chi connectivity index (χ4n) is 3.33. The number of anilines is 1. The third kappa shape index (κ3) is 3.01. The highest BCUT2D eigenvalue weighted by Crippen LogP contribution is 2.47. The van der Waals surface area contributed by atoms with Crippen molar-refractivity contribution in [2.45, 2.75) is 49.9 Å². The molecule has 2 saturated heterocycles. The number of carbonyl (C=O) groups excluding carboxylic acids is 2. The average Bonchev–Trinajstić information content (AvgIpc) is 3.04. The number of nitrogens with zero attached hydrogens (tertiary/aromatic N) is 1. The van der Waals surface area contributed by atoms with Crippen molar-refractivity contribution >= 4 is 35.2 Å². The van der Waals surface area contributed by atoms with Gasteiger partial charge in [-0.2, -0.15) is 0 Å². The Hall–Kier alpha value is -2.02. The van der Waals surface area contributed by atoms with Crippen LogP contribution in [0.15, 0.2) is 24.3 Å². The van der Waals surface area contributed by atoms with E-state index in [4.69, 9.17) is 0 Å². The molecule has 1 aromatic rings. The summed E-state index contributed by atoms with van der Waals surface area (Å²) < 4.78 is 0. The Balaban J connectivity index is 1.72. The van der Waals surface area contributed by atoms with E-state index < -0.39 is 17.4 Å². The fraction of sp³-hybridized carbons (Fsp3) is 0.500. The molecule has 2 fully saturated rings. The van der Waals surface area contributed by atoms with Gasteiger partial charge >= 0.3 is 5.97 Å². The molecule has 2 aliphatic rings. The van der Waals surface area contributed by atoms with Gasteiger partial charge in [-0.05, 0) is 44.9 Å². The summed E-state index contributed by atoms with van der Waals surface area (Å²) in [5.74, 6) is -0.472. The molecule has 0 aliphatic carbocycles.